The molecule has 0 saturated heterocycles. The zero-order valence-electron chi connectivity index (χ0n) is 11.2. The van der Waals surface area contributed by atoms with Crippen molar-refractivity contribution in [1.29, 1.82) is 0 Å². The second kappa shape index (κ2) is 4.83. The number of H-pyrrole nitrogens is 1. The van der Waals surface area contributed by atoms with Gasteiger partial charge in [0.15, 0.2) is 0 Å². The molecule has 2 aromatic heterocycles. The number of ether oxygens (including phenoxy) is 1. The lowest BCUT2D eigenvalue weighted by atomic mass is 10.0. The molecule has 0 unspecified atom stereocenters. The van der Waals surface area contributed by atoms with Crippen molar-refractivity contribution in [2.75, 3.05) is 7.11 Å². The predicted molar refractivity (Wildman–Crippen MR) is 64.0 cm³/mol. The van der Waals surface area contributed by atoms with Crippen LogP contribution in [-0.4, -0.2) is 27.4 Å². The smallest absolute Gasteiger partial charge is 0.370 e. The van der Waals surface area contributed by atoms with Crippen LogP contribution in [0.15, 0.2) is 10.7 Å². The average molecular weight is 302 g/mol. The molecule has 0 spiro atoms. The molecular weight excluding hydrogens is 289 g/mol. The van der Waals surface area contributed by atoms with E-state index in [1.165, 1.54) is 0 Å². The molecule has 0 atom stereocenters. The summed E-state index contributed by atoms with van der Waals surface area (Å²) in [7, 11) is 1.54. The first kappa shape index (κ1) is 14.1. The van der Waals surface area contributed by atoms with Gasteiger partial charge in [0.05, 0.1) is 6.20 Å². The number of alkyl halides is 3. The second-order valence-corrected chi connectivity index (χ2v) is 4.99. The summed E-state index contributed by atoms with van der Waals surface area (Å²) in [4.78, 5) is 4.08. The predicted octanol–water partition coefficient (Wildman–Crippen LogP) is 2.89. The van der Waals surface area contributed by atoms with Gasteiger partial charge in [-0.3, -0.25) is 5.10 Å². The Hall–Kier alpha value is -1.90. The third-order valence-electron chi connectivity index (χ3n) is 3.79. The fourth-order valence-electron chi connectivity index (χ4n) is 2.64. The van der Waals surface area contributed by atoms with E-state index >= 15 is 0 Å². The largest absolute Gasteiger partial charge is 0.420 e. The Balaban J connectivity index is 1.98. The molecule has 1 aliphatic carbocycles. The Morgan fingerprint density at radius 3 is 2.67 bits per heavy atom. The molecule has 0 aromatic carbocycles. The van der Waals surface area contributed by atoms with E-state index in [1.54, 1.807) is 7.11 Å². The number of hydrogen-bond donors (Lipinski definition) is 1. The van der Waals surface area contributed by atoms with Gasteiger partial charge in [0.25, 0.3) is 5.89 Å². The van der Waals surface area contributed by atoms with E-state index in [9.17, 15) is 13.2 Å². The summed E-state index contributed by atoms with van der Waals surface area (Å²) in [5.41, 5.74) is -1.93. The van der Waals surface area contributed by atoms with Crippen LogP contribution in [0.4, 0.5) is 13.2 Å². The number of rotatable bonds is 3. The fourth-order valence-corrected chi connectivity index (χ4v) is 2.64. The van der Waals surface area contributed by atoms with Crippen molar-refractivity contribution in [2.45, 2.75) is 37.5 Å². The van der Waals surface area contributed by atoms with Gasteiger partial charge in [0, 0.05) is 7.11 Å². The zero-order chi connectivity index (χ0) is 15.1. The average Bonchev–Trinajstić information content (AvgIpc) is 3.17. The van der Waals surface area contributed by atoms with Crippen LogP contribution in [0.25, 0.3) is 11.6 Å². The fraction of sp³-hybridized carbons (Fsp3) is 0.583. The van der Waals surface area contributed by atoms with Crippen LogP contribution in [0.3, 0.4) is 0 Å². The van der Waals surface area contributed by atoms with E-state index in [2.05, 4.69) is 20.3 Å². The van der Waals surface area contributed by atoms with Crippen molar-refractivity contribution in [3.8, 4) is 11.6 Å². The van der Waals surface area contributed by atoms with Crippen LogP contribution in [0.1, 0.15) is 37.1 Å². The van der Waals surface area contributed by atoms with E-state index in [4.69, 9.17) is 9.26 Å². The van der Waals surface area contributed by atoms with Gasteiger partial charge in [-0.15, -0.1) is 0 Å². The molecule has 1 N–H and O–H groups in total. The van der Waals surface area contributed by atoms with Gasteiger partial charge in [0.1, 0.15) is 16.9 Å². The maximum absolute atomic E-state index is 12.8. The minimum absolute atomic E-state index is 0.238. The maximum Gasteiger partial charge on any atom is 0.420 e. The van der Waals surface area contributed by atoms with E-state index in [0.717, 1.165) is 25.7 Å². The quantitative estimate of drug-likeness (QED) is 0.943. The summed E-state index contributed by atoms with van der Waals surface area (Å²) in [6, 6.07) is 0. The zero-order valence-corrected chi connectivity index (χ0v) is 11.2. The lowest BCUT2D eigenvalue weighted by molar-refractivity contribution is -0.137. The highest BCUT2D eigenvalue weighted by molar-refractivity contribution is 5.53. The maximum atomic E-state index is 12.8. The van der Waals surface area contributed by atoms with Crippen molar-refractivity contribution in [3.05, 3.63) is 17.6 Å². The van der Waals surface area contributed by atoms with E-state index in [0.29, 0.717) is 6.20 Å². The molecule has 0 radical (unpaired) electrons. The Labute approximate surface area is 117 Å². The lowest BCUT2D eigenvalue weighted by Gasteiger charge is -2.22. The number of hydrogen-bond acceptors (Lipinski definition) is 5. The van der Waals surface area contributed by atoms with Crippen molar-refractivity contribution in [3.63, 3.8) is 0 Å². The second-order valence-electron chi connectivity index (χ2n) is 4.99. The first-order chi connectivity index (χ1) is 9.96. The first-order valence-corrected chi connectivity index (χ1v) is 6.46. The molecule has 114 valence electrons. The van der Waals surface area contributed by atoms with Crippen LogP contribution >= 0.6 is 0 Å². The number of nitrogens with zero attached hydrogens (tertiary/aromatic N) is 3. The molecule has 0 aliphatic heterocycles. The van der Waals surface area contributed by atoms with Crippen molar-refractivity contribution >= 4 is 0 Å². The van der Waals surface area contributed by atoms with Gasteiger partial charge in [-0.2, -0.15) is 23.3 Å². The van der Waals surface area contributed by atoms with Crippen molar-refractivity contribution < 1.29 is 22.4 Å². The van der Waals surface area contributed by atoms with Crippen molar-refractivity contribution in [1.82, 2.24) is 20.3 Å². The minimum atomic E-state index is -4.54. The van der Waals surface area contributed by atoms with Gasteiger partial charge in [-0.25, -0.2) is 0 Å². The highest BCUT2D eigenvalue weighted by Crippen LogP contribution is 2.41. The lowest BCUT2D eigenvalue weighted by Crippen LogP contribution is -2.25. The first-order valence-electron chi connectivity index (χ1n) is 6.46. The number of nitrogens with one attached hydrogen (secondary N) is 1. The van der Waals surface area contributed by atoms with E-state index < -0.39 is 17.3 Å². The number of halogens is 3. The molecule has 1 saturated carbocycles. The molecule has 9 heteroatoms. The molecule has 1 aliphatic rings. The monoisotopic (exact) mass is 302 g/mol. The third-order valence-corrected chi connectivity index (χ3v) is 3.79. The molecule has 1 fully saturated rings. The molecule has 21 heavy (non-hydrogen) atoms. The molecule has 2 heterocycles. The Kier molecular flexibility index (Phi) is 3.23. The number of methoxy groups -OCH3 is 1. The van der Waals surface area contributed by atoms with Crippen LogP contribution in [0.5, 0.6) is 0 Å². The Bertz CT molecular complexity index is 628. The summed E-state index contributed by atoms with van der Waals surface area (Å²) >= 11 is 0. The molecule has 0 amide bonds. The minimum Gasteiger partial charge on any atom is -0.370 e. The van der Waals surface area contributed by atoms with Crippen LogP contribution in [0, 0.1) is 0 Å². The highest BCUT2D eigenvalue weighted by Gasteiger charge is 2.42. The molecular formula is C12H13F3N4O2. The highest BCUT2D eigenvalue weighted by atomic mass is 19.4. The van der Waals surface area contributed by atoms with Crippen LogP contribution in [0.2, 0.25) is 0 Å². The van der Waals surface area contributed by atoms with Gasteiger partial charge in [0.2, 0.25) is 5.82 Å². The van der Waals surface area contributed by atoms with Crippen molar-refractivity contribution in [2.24, 2.45) is 0 Å². The standard InChI is InChI=1S/C12H13F3N4O2/c1-20-11(4-2-3-5-11)10-17-9(21-19-10)8-7(6-16-18-8)12(13,14)15/h6H,2-5H2,1H3,(H,16,18). The van der Waals surface area contributed by atoms with Gasteiger partial charge in [-0.05, 0) is 25.7 Å². The van der Waals surface area contributed by atoms with Gasteiger partial charge >= 0.3 is 6.18 Å². The molecule has 6 nitrogen and oxygen atoms in total. The molecule has 0 bridgehead atoms. The number of aromatic amines is 1. The summed E-state index contributed by atoms with van der Waals surface area (Å²) in [5.74, 6) is 0.0402. The van der Waals surface area contributed by atoms with E-state index in [-0.39, 0.29) is 17.4 Å². The number of aromatic nitrogens is 4. The van der Waals surface area contributed by atoms with Gasteiger partial charge in [-0.1, -0.05) is 5.16 Å². The molecule has 3 rings (SSSR count). The Morgan fingerprint density at radius 1 is 1.33 bits per heavy atom. The Morgan fingerprint density at radius 2 is 2.05 bits per heavy atom. The molecule has 2 aromatic rings. The SMILES string of the molecule is COC1(c2noc(-c3[nH]ncc3C(F)(F)F)n2)CCCC1. The summed E-state index contributed by atoms with van der Waals surface area (Å²) in [6.45, 7) is 0. The summed E-state index contributed by atoms with van der Waals surface area (Å²) < 4.78 is 49.0. The van der Waals surface area contributed by atoms with Gasteiger partial charge < -0.3 is 9.26 Å². The topological polar surface area (TPSA) is 76.8 Å². The van der Waals surface area contributed by atoms with Crippen LogP contribution in [-0.2, 0) is 16.5 Å². The third kappa shape index (κ3) is 2.31. The normalized spacial score (nSPS) is 18.3. The summed E-state index contributed by atoms with van der Waals surface area (Å²) in [5, 5.41) is 9.46. The summed E-state index contributed by atoms with van der Waals surface area (Å²) in [6.07, 6.45) is -0.496. The van der Waals surface area contributed by atoms with Crippen LogP contribution < -0.4 is 0 Å². The van der Waals surface area contributed by atoms with E-state index in [1.807, 2.05) is 0 Å².